The van der Waals surface area contributed by atoms with Crippen molar-refractivity contribution in [1.82, 2.24) is 10.1 Å². The monoisotopic (exact) mass is 183 g/mol. The molecule has 13 heavy (non-hydrogen) atoms. The van der Waals surface area contributed by atoms with Gasteiger partial charge in [-0.1, -0.05) is 18.5 Å². The van der Waals surface area contributed by atoms with Gasteiger partial charge in [-0.05, 0) is 19.4 Å². The van der Waals surface area contributed by atoms with Gasteiger partial charge in [-0.25, -0.2) is 0 Å². The van der Waals surface area contributed by atoms with E-state index in [1.54, 1.807) is 0 Å². The third-order valence-corrected chi connectivity index (χ3v) is 1.86. The van der Waals surface area contributed by atoms with E-state index < -0.39 is 0 Å². The second-order valence-electron chi connectivity index (χ2n) is 3.10. The summed E-state index contributed by atoms with van der Waals surface area (Å²) < 4.78 is 5.06. The maximum atomic E-state index is 5.38. The van der Waals surface area contributed by atoms with Gasteiger partial charge in [0.15, 0.2) is 5.82 Å². The van der Waals surface area contributed by atoms with Crippen molar-refractivity contribution in [3.05, 3.63) is 11.7 Å². The highest BCUT2D eigenvalue weighted by atomic mass is 16.5. The smallest absolute Gasteiger partial charge is 0.226 e. The number of unbranched alkanes of at least 4 members (excludes halogenated alkanes) is 1. The van der Waals surface area contributed by atoms with Gasteiger partial charge in [0, 0.05) is 12.8 Å². The highest BCUT2D eigenvalue weighted by molar-refractivity contribution is 4.86. The summed E-state index contributed by atoms with van der Waals surface area (Å²) in [6, 6.07) is 0. The van der Waals surface area contributed by atoms with Gasteiger partial charge >= 0.3 is 0 Å². The molecule has 0 saturated heterocycles. The highest BCUT2D eigenvalue weighted by Crippen LogP contribution is 2.03. The fourth-order valence-electron chi connectivity index (χ4n) is 1.08. The van der Waals surface area contributed by atoms with Gasteiger partial charge < -0.3 is 10.3 Å². The minimum absolute atomic E-state index is 0.679. The second kappa shape index (κ2) is 5.70. The summed E-state index contributed by atoms with van der Waals surface area (Å²) >= 11 is 0. The molecule has 2 N–H and O–H groups in total. The Morgan fingerprint density at radius 2 is 2.15 bits per heavy atom. The third kappa shape index (κ3) is 3.55. The SMILES string of the molecule is CCCCc1nc(CCCN)no1. The summed E-state index contributed by atoms with van der Waals surface area (Å²) in [6.07, 6.45) is 4.91. The van der Waals surface area contributed by atoms with Gasteiger partial charge in [0.05, 0.1) is 0 Å². The number of rotatable bonds is 6. The maximum Gasteiger partial charge on any atom is 0.226 e. The lowest BCUT2D eigenvalue weighted by Gasteiger charge is -1.89. The fraction of sp³-hybridized carbons (Fsp3) is 0.778. The van der Waals surface area contributed by atoms with E-state index in [-0.39, 0.29) is 0 Å². The van der Waals surface area contributed by atoms with Crippen LogP contribution >= 0.6 is 0 Å². The van der Waals surface area contributed by atoms with Crippen molar-refractivity contribution in [3.8, 4) is 0 Å². The van der Waals surface area contributed by atoms with Crippen molar-refractivity contribution in [2.75, 3.05) is 6.54 Å². The molecule has 1 aromatic heterocycles. The predicted octanol–water partition coefficient (Wildman–Crippen LogP) is 1.30. The minimum atomic E-state index is 0.679. The predicted molar refractivity (Wildman–Crippen MR) is 50.3 cm³/mol. The summed E-state index contributed by atoms with van der Waals surface area (Å²) in [5.74, 6) is 1.55. The van der Waals surface area contributed by atoms with Crippen LogP contribution in [0.3, 0.4) is 0 Å². The van der Waals surface area contributed by atoms with Gasteiger partial charge in [0.25, 0.3) is 0 Å². The Labute approximate surface area is 78.5 Å². The van der Waals surface area contributed by atoms with Crippen LogP contribution in [0.1, 0.15) is 37.9 Å². The molecule has 4 nitrogen and oxygen atoms in total. The molecule has 74 valence electrons. The molecule has 0 aliphatic rings. The van der Waals surface area contributed by atoms with Gasteiger partial charge in [0.1, 0.15) is 0 Å². The zero-order valence-electron chi connectivity index (χ0n) is 8.12. The zero-order chi connectivity index (χ0) is 9.52. The van der Waals surface area contributed by atoms with Crippen LogP contribution in [0.15, 0.2) is 4.52 Å². The Morgan fingerprint density at radius 1 is 1.31 bits per heavy atom. The first-order valence-electron chi connectivity index (χ1n) is 4.88. The van der Waals surface area contributed by atoms with Gasteiger partial charge in [-0.15, -0.1) is 0 Å². The van der Waals surface area contributed by atoms with Crippen molar-refractivity contribution in [1.29, 1.82) is 0 Å². The molecule has 0 aromatic carbocycles. The van der Waals surface area contributed by atoms with E-state index in [1.165, 1.54) is 0 Å². The lowest BCUT2D eigenvalue weighted by molar-refractivity contribution is 0.369. The molecule has 0 atom stereocenters. The van der Waals surface area contributed by atoms with Crippen LogP contribution in [-0.2, 0) is 12.8 Å². The van der Waals surface area contributed by atoms with E-state index in [0.29, 0.717) is 6.54 Å². The summed E-state index contributed by atoms with van der Waals surface area (Å²) in [7, 11) is 0. The average Bonchev–Trinajstić information content (AvgIpc) is 2.59. The molecule has 0 aliphatic heterocycles. The second-order valence-corrected chi connectivity index (χ2v) is 3.10. The van der Waals surface area contributed by atoms with E-state index >= 15 is 0 Å². The van der Waals surface area contributed by atoms with Crippen molar-refractivity contribution in [2.45, 2.75) is 39.0 Å². The normalized spacial score (nSPS) is 10.6. The number of nitrogens with two attached hydrogens (primary N) is 1. The number of nitrogens with zero attached hydrogens (tertiary/aromatic N) is 2. The number of hydrogen-bond acceptors (Lipinski definition) is 4. The van der Waals surface area contributed by atoms with Crippen LogP contribution in [0.4, 0.5) is 0 Å². The van der Waals surface area contributed by atoms with Crippen molar-refractivity contribution >= 4 is 0 Å². The van der Waals surface area contributed by atoms with Gasteiger partial charge in [-0.3, -0.25) is 0 Å². The lowest BCUT2D eigenvalue weighted by atomic mass is 10.2. The molecule has 0 radical (unpaired) electrons. The quantitative estimate of drug-likeness (QED) is 0.722. The summed E-state index contributed by atoms with van der Waals surface area (Å²) in [5, 5.41) is 3.86. The van der Waals surface area contributed by atoms with Gasteiger partial charge in [0.2, 0.25) is 5.89 Å². The molecule has 0 fully saturated rings. The summed E-state index contributed by atoms with van der Waals surface area (Å²) in [6.45, 7) is 2.82. The Bertz CT molecular complexity index is 212. The molecule has 0 spiro atoms. The number of aryl methyl sites for hydroxylation is 2. The van der Waals surface area contributed by atoms with E-state index in [1.807, 2.05) is 0 Å². The standard InChI is InChI=1S/C9H17N3O/c1-2-3-6-9-11-8(12-13-9)5-4-7-10/h2-7,10H2,1H3. The first kappa shape index (κ1) is 10.2. The van der Waals surface area contributed by atoms with E-state index in [0.717, 1.165) is 43.8 Å². The van der Waals surface area contributed by atoms with Gasteiger partial charge in [-0.2, -0.15) is 4.98 Å². The first-order chi connectivity index (χ1) is 6.36. The maximum absolute atomic E-state index is 5.38. The Kier molecular flexibility index (Phi) is 4.46. The molecule has 0 aliphatic carbocycles. The van der Waals surface area contributed by atoms with Crippen LogP contribution in [0.5, 0.6) is 0 Å². The van der Waals surface area contributed by atoms with Crippen molar-refractivity contribution in [2.24, 2.45) is 5.73 Å². The molecular formula is C9H17N3O. The molecule has 0 bridgehead atoms. The van der Waals surface area contributed by atoms with E-state index in [9.17, 15) is 0 Å². The molecule has 0 saturated carbocycles. The van der Waals surface area contributed by atoms with Crippen LogP contribution < -0.4 is 5.73 Å². The van der Waals surface area contributed by atoms with E-state index in [2.05, 4.69) is 17.1 Å². The molecular weight excluding hydrogens is 166 g/mol. The van der Waals surface area contributed by atoms with Crippen LogP contribution in [0, 0.1) is 0 Å². The van der Waals surface area contributed by atoms with E-state index in [4.69, 9.17) is 10.3 Å². The highest BCUT2D eigenvalue weighted by Gasteiger charge is 2.04. The zero-order valence-corrected chi connectivity index (χ0v) is 8.12. The molecule has 1 rings (SSSR count). The molecule has 0 unspecified atom stereocenters. The van der Waals surface area contributed by atoms with Crippen LogP contribution in [0.2, 0.25) is 0 Å². The Balaban J connectivity index is 2.34. The lowest BCUT2D eigenvalue weighted by Crippen LogP contribution is -2.01. The molecule has 4 heteroatoms. The number of hydrogen-bond donors (Lipinski definition) is 1. The van der Waals surface area contributed by atoms with Crippen LogP contribution in [0.25, 0.3) is 0 Å². The topological polar surface area (TPSA) is 64.9 Å². The largest absolute Gasteiger partial charge is 0.339 e. The Hall–Kier alpha value is -0.900. The first-order valence-corrected chi connectivity index (χ1v) is 4.88. The number of aromatic nitrogens is 2. The average molecular weight is 183 g/mol. The van der Waals surface area contributed by atoms with Crippen LogP contribution in [-0.4, -0.2) is 16.7 Å². The molecule has 0 amide bonds. The van der Waals surface area contributed by atoms with Crippen molar-refractivity contribution < 1.29 is 4.52 Å². The summed E-state index contributed by atoms with van der Waals surface area (Å²) in [5.41, 5.74) is 5.38. The molecule has 1 heterocycles. The Morgan fingerprint density at radius 3 is 2.85 bits per heavy atom. The molecule has 1 aromatic rings. The minimum Gasteiger partial charge on any atom is -0.339 e. The van der Waals surface area contributed by atoms with Crippen molar-refractivity contribution in [3.63, 3.8) is 0 Å². The summed E-state index contributed by atoms with van der Waals surface area (Å²) in [4.78, 5) is 4.25. The fourth-order valence-corrected chi connectivity index (χ4v) is 1.08. The third-order valence-electron chi connectivity index (χ3n) is 1.86.